The zero-order chi connectivity index (χ0) is 24.1. The number of aliphatic hydroxyl groups is 1. The molecule has 0 spiro atoms. The predicted octanol–water partition coefficient (Wildman–Crippen LogP) is 4.56. The number of nitrogens with one attached hydrogen (secondary N) is 1. The Bertz CT molecular complexity index is 1240. The second-order valence-electron chi connectivity index (χ2n) is 7.18. The summed E-state index contributed by atoms with van der Waals surface area (Å²) in [5.74, 6) is -0.661. The van der Waals surface area contributed by atoms with Gasteiger partial charge in [0.1, 0.15) is 36.4 Å². The van der Waals surface area contributed by atoms with Gasteiger partial charge in [0.15, 0.2) is 5.76 Å². The maximum atomic E-state index is 12.6. The van der Waals surface area contributed by atoms with Gasteiger partial charge in [0, 0.05) is 18.5 Å². The highest BCUT2D eigenvalue weighted by atomic mass is 35.5. The summed E-state index contributed by atoms with van der Waals surface area (Å²) in [4.78, 5) is 3.32. The lowest BCUT2D eigenvalue weighted by Gasteiger charge is -2.14. The molecule has 12 heteroatoms. The van der Waals surface area contributed by atoms with Crippen LogP contribution in [0.4, 0.5) is 13.2 Å². The summed E-state index contributed by atoms with van der Waals surface area (Å²) in [5, 5.41) is 17.5. The van der Waals surface area contributed by atoms with E-state index < -0.39 is 18.2 Å². The van der Waals surface area contributed by atoms with Gasteiger partial charge in [0.05, 0.1) is 5.02 Å². The van der Waals surface area contributed by atoms with Crippen LogP contribution in [0.15, 0.2) is 57.5 Å². The van der Waals surface area contributed by atoms with Crippen LogP contribution >= 0.6 is 11.6 Å². The van der Waals surface area contributed by atoms with E-state index in [1.54, 1.807) is 42.5 Å². The number of hydrogen-bond acceptors (Lipinski definition) is 8. The molecule has 4 aromatic rings. The third-order valence-electron chi connectivity index (χ3n) is 4.57. The standard InChI is InChI=1S/C22H19ClF3N3O5/c23-16-3-1-2-4-18(16)32-12-14(30)11-27-7-8-31-15-5-6-17-13(9-15)10-19(33-17)20-28-21(34-29-20)22(24,25)26/h1-6,9-10,14,27,30H,7-8,11-12H2/t14-/m0/s1. The first-order valence-corrected chi connectivity index (χ1v) is 10.5. The van der Waals surface area contributed by atoms with Crippen molar-refractivity contribution >= 4 is 22.6 Å². The lowest BCUT2D eigenvalue weighted by Crippen LogP contribution is -2.33. The number of nitrogens with zero attached hydrogens (tertiary/aromatic N) is 2. The van der Waals surface area contributed by atoms with Crippen molar-refractivity contribution in [1.82, 2.24) is 15.5 Å². The van der Waals surface area contributed by atoms with E-state index in [9.17, 15) is 18.3 Å². The van der Waals surface area contributed by atoms with E-state index >= 15 is 0 Å². The number of para-hydroxylation sites is 1. The van der Waals surface area contributed by atoms with Crippen molar-refractivity contribution in [3.8, 4) is 23.1 Å². The summed E-state index contributed by atoms with van der Waals surface area (Å²) < 4.78 is 58.8. The quantitative estimate of drug-likeness (QED) is 0.307. The first-order chi connectivity index (χ1) is 16.3. The van der Waals surface area contributed by atoms with E-state index in [4.69, 9.17) is 25.5 Å². The number of benzene rings is 2. The molecular weight excluding hydrogens is 479 g/mol. The van der Waals surface area contributed by atoms with E-state index in [0.29, 0.717) is 47.2 Å². The Hall–Kier alpha value is -3.28. The molecule has 0 aliphatic heterocycles. The SMILES string of the molecule is O[C@@H](CNCCOc1ccc2oc(-c3noc(C(F)(F)F)n3)cc2c1)COc1ccccc1Cl. The number of aromatic nitrogens is 2. The Morgan fingerprint density at radius 2 is 1.94 bits per heavy atom. The fraction of sp³-hybridized carbons (Fsp3) is 0.273. The Kier molecular flexibility index (Phi) is 7.25. The molecule has 2 heterocycles. The van der Waals surface area contributed by atoms with Gasteiger partial charge >= 0.3 is 12.1 Å². The van der Waals surface area contributed by atoms with E-state index in [1.807, 2.05) is 0 Å². The molecule has 0 unspecified atom stereocenters. The lowest BCUT2D eigenvalue weighted by atomic mass is 10.2. The second-order valence-corrected chi connectivity index (χ2v) is 7.59. The van der Waals surface area contributed by atoms with Gasteiger partial charge in [0.25, 0.3) is 0 Å². The Labute approximate surface area is 196 Å². The molecule has 0 bridgehead atoms. The molecule has 2 aromatic heterocycles. The first-order valence-electron chi connectivity index (χ1n) is 10.1. The zero-order valence-electron chi connectivity index (χ0n) is 17.5. The molecule has 0 radical (unpaired) electrons. The average Bonchev–Trinajstić information content (AvgIpc) is 3.45. The number of furan rings is 1. The number of hydrogen-bond donors (Lipinski definition) is 2. The summed E-state index contributed by atoms with van der Waals surface area (Å²) in [7, 11) is 0. The highest BCUT2D eigenvalue weighted by Crippen LogP contribution is 2.32. The summed E-state index contributed by atoms with van der Waals surface area (Å²) in [6.45, 7) is 1.15. The number of halogens is 4. The molecule has 0 aliphatic carbocycles. The lowest BCUT2D eigenvalue weighted by molar-refractivity contribution is -0.159. The topological polar surface area (TPSA) is 103 Å². The summed E-state index contributed by atoms with van der Waals surface area (Å²) in [6, 6.07) is 13.5. The maximum absolute atomic E-state index is 12.6. The van der Waals surface area contributed by atoms with Crippen molar-refractivity contribution in [1.29, 1.82) is 0 Å². The van der Waals surface area contributed by atoms with Crippen molar-refractivity contribution in [3.05, 3.63) is 59.4 Å². The van der Waals surface area contributed by atoms with Crippen LogP contribution in [0.5, 0.6) is 11.5 Å². The van der Waals surface area contributed by atoms with Gasteiger partial charge in [0.2, 0.25) is 5.82 Å². The molecule has 1 atom stereocenters. The molecule has 0 saturated heterocycles. The molecule has 0 fully saturated rings. The van der Waals surface area contributed by atoms with E-state index in [1.165, 1.54) is 6.07 Å². The zero-order valence-corrected chi connectivity index (χ0v) is 18.3. The van der Waals surface area contributed by atoms with E-state index in [0.717, 1.165) is 0 Å². The van der Waals surface area contributed by atoms with Gasteiger partial charge in [-0.3, -0.25) is 0 Å². The number of aliphatic hydroxyl groups excluding tert-OH is 1. The molecule has 4 rings (SSSR count). The molecule has 34 heavy (non-hydrogen) atoms. The monoisotopic (exact) mass is 497 g/mol. The first kappa shape index (κ1) is 23.9. The molecule has 2 N–H and O–H groups in total. The van der Waals surface area contributed by atoms with Crippen LogP contribution in [0.1, 0.15) is 5.89 Å². The summed E-state index contributed by atoms with van der Waals surface area (Å²) in [6.07, 6.45) is -5.47. The van der Waals surface area contributed by atoms with Crippen LogP contribution in [-0.2, 0) is 6.18 Å². The molecule has 0 amide bonds. The molecule has 2 aromatic carbocycles. The van der Waals surface area contributed by atoms with Crippen molar-refractivity contribution in [2.75, 3.05) is 26.3 Å². The number of alkyl halides is 3. The largest absolute Gasteiger partial charge is 0.492 e. The molecule has 0 saturated carbocycles. The highest BCUT2D eigenvalue weighted by molar-refractivity contribution is 6.32. The van der Waals surface area contributed by atoms with Gasteiger partial charge in [-0.05, 0) is 36.4 Å². The molecule has 0 aliphatic rings. The minimum Gasteiger partial charge on any atom is -0.492 e. The predicted molar refractivity (Wildman–Crippen MR) is 116 cm³/mol. The van der Waals surface area contributed by atoms with Crippen LogP contribution in [0.2, 0.25) is 5.02 Å². The summed E-state index contributed by atoms with van der Waals surface area (Å²) in [5.41, 5.74) is 0.431. The smallest absolute Gasteiger partial charge is 0.471 e. The Balaban J connectivity index is 1.23. The van der Waals surface area contributed by atoms with Gasteiger partial charge < -0.3 is 28.8 Å². The molecule has 8 nitrogen and oxygen atoms in total. The number of ether oxygens (including phenoxy) is 2. The molecular formula is C22H19ClF3N3O5. The second kappa shape index (κ2) is 10.3. The van der Waals surface area contributed by atoms with Crippen LogP contribution < -0.4 is 14.8 Å². The fourth-order valence-corrected chi connectivity index (χ4v) is 3.17. The van der Waals surface area contributed by atoms with E-state index in [-0.39, 0.29) is 18.2 Å². The highest BCUT2D eigenvalue weighted by Gasteiger charge is 2.38. The van der Waals surface area contributed by atoms with Crippen LogP contribution in [0, 0.1) is 0 Å². The van der Waals surface area contributed by atoms with Crippen LogP contribution in [0.3, 0.4) is 0 Å². The maximum Gasteiger partial charge on any atom is 0.471 e. The normalized spacial score (nSPS) is 12.7. The minimum atomic E-state index is -4.73. The number of fused-ring (bicyclic) bond motifs is 1. The van der Waals surface area contributed by atoms with Crippen LogP contribution in [-0.4, -0.2) is 47.7 Å². The van der Waals surface area contributed by atoms with Crippen molar-refractivity contribution in [2.45, 2.75) is 12.3 Å². The van der Waals surface area contributed by atoms with E-state index in [2.05, 4.69) is 20.0 Å². The minimum absolute atomic E-state index is 0.0427. The molecule has 180 valence electrons. The van der Waals surface area contributed by atoms with Gasteiger partial charge in [-0.15, -0.1) is 0 Å². The third-order valence-corrected chi connectivity index (χ3v) is 4.88. The summed E-state index contributed by atoms with van der Waals surface area (Å²) >= 11 is 6.00. The van der Waals surface area contributed by atoms with Gasteiger partial charge in [-0.2, -0.15) is 18.2 Å². The number of rotatable bonds is 10. The average molecular weight is 498 g/mol. The van der Waals surface area contributed by atoms with Crippen molar-refractivity contribution < 1.29 is 36.7 Å². The van der Waals surface area contributed by atoms with Crippen LogP contribution in [0.25, 0.3) is 22.6 Å². The Morgan fingerprint density at radius 1 is 1.12 bits per heavy atom. The third kappa shape index (κ3) is 5.99. The van der Waals surface area contributed by atoms with Crippen molar-refractivity contribution in [2.24, 2.45) is 0 Å². The fourth-order valence-electron chi connectivity index (χ4n) is 2.98. The Morgan fingerprint density at radius 3 is 2.71 bits per heavy atom. The van der Waals surface area contributed by atoms with Gasteiger partial charge in [-0.1, -0.05) is 28.9 Å². The van der Waals surface area contributed by atoms with Gasteiger partial charge in [-0.25, -0.2) is 0 Å². The van der Waals surface area contributed by atoms with Crippen molar-refractivity contribution in [3.63, 3.8) is 0 Å².